The van der Waals surface area contributed by atoms with Crippen molar-refractivity contribution >= 4 is 0 Å². The molecule has 0 bridgehead atoms. The van der Waals surface area contributed by atoms with Crippen LogP contribution in [0, 0.1) is 5.82 Å². The molecular formula is C17H20FN. The molecule has 0 aromatic heterocycles. The largest absolute Gasteiger partial charge is 0.327 e. The summed E-state index contributed by atoms with van der Waals surface area (Å²) in [5, 5.41) is 0. The molecule has 2 aromatic rings. The topological polar surface area (TPSA) is 26.0 Å². The van der Waals surface area contributed by atoms with Gasteiger partial charge in [0.25, 0.3) is 0 Å². The molecule has 0 aliphatic heterocycles. The van der Waals surface area contributed by atoms with Crippen molar-refractivity contribution < 1.29 is 4.39 Å². The first-order valence-corrected chi connectivity index (χ1v) is 6.78. The lowest BCUT2D eigenvalue weighted by molar-refractivity contribution is 0.551. The van der Waals surface area contributed by atoms with Crippen LogP contribution in [0.1, 0.15) is 24.0 Å². The zero-order valence-electron chi connectivity index (χ0n) is 11.1. The molecule has 0 saturated heterocycles. The first-order valence-electron chi connectivity index (χ1n) is 6.78. The summed E-state index contributed by atoms with van der Waals surface area (Å²) in [6.07, 6.45) is 3.61. The average molecular weight is 257 g/mol. The van der Waals surface area contributed by atoms with Gasteiger partial charge in [0.2, 0.25) is 0 Å². The predicted octanol–water partition coefficient (Wildman–Crippen LogP) is 3.72. The highest BCUT2D eigenvalue weighted by Gasteiger charge is 2.07. The Bertz CT molecular complexity index is 496. The number of rotatable bonds is 6. The van der Waals surface area contributed by atoms with Crippen LogP contribution in [0.3, 0.4) is 0 Å². The van der Waals surface area contributed by atoms with Crippen LogP contribution in [0.5, 0.6) is 0 Å². The zero-order chi connectivity index (χ0) is 13.5. The van der Waals surface area contributed by atoms with E-state index < -0.39 is 0 Å². The van der Waals surface area contributed by atoms with Crippen LogP contribution in [0.15, 0.2) is 54.6 Å². The maximum atomic E-state index is 13.5. The monoisotopic (exact) mass is 257 g/mol. The van der Waals surface area contributed by atoms with Crippen molar-refractivity contribution in [3.8, 4) is 0 Å². The van der Waals surface area contributed by atoms with Gasteiger partial charge in [-0.2, -0.15) is 0 Å². The molecule has 1 unspecified atom stereocenters. The molecule has 2 N–H and O–H groups in total. The molecular weight excluding hydrogens is 237 g/mol. The Morgan fingerprint density at radius 1 is 0.947 bits per heavy atom. The van der Waals surface area contributed by atoms with Crippen LogP contribution >= 0.6 is 0 Å². The molecule has 0 radical (unpaired) electrons. The van der Waals surface area contributed by atoms with Gasteiger partial charge in [-0.25, -0.2) is 4.39 Å². The van der Waals surface area contributed by atoms with Gasteiger partial charge >= 0.3 is 0 Å². The molecule has 0 fully saturated rings. The lowest BCUT2D eigenvalue weighted by atomic mass is 9.99. The molecule has 0 amide bonds. The van der Waals surface area contributed by atoms with Gasteiger partial charge in [0.05, 0.1) is 0 Å². The highest BCUT2D eigenvalue weighted by Crippen LogP contribution is 2.12. The van der Waals surface area contributed by atoms with Crippen LogP contribution in [0.25, 0.3) is 0 Å². The lowest BCUT2D eigenvalue weighted by Crippen LogP contribution is -2.23. The Balaban J connectivity index is 1.76. The molecule has 0 aliphatic carbocycles. The summed E-state index contributed by atoms with van der Waals surface area (Å²) in [6, 6.07) is 17.3. The van der Waals surface area contributed by atoms with Crippen molar-refractivity contribution in [2.45, 2.75) is 31.7 Å². The van der Waals surface area contributed by atoms with E-state index >= 15 is 0 Å². The van der Waals surface area contributed by atoms with Gasteiger partial charge in [0.1, 0.15) is 5.82 Å². The fourth-order valence-corrected chi connectivity index (χ4v) is 2.26. The van der Waals surface area contributed by atoms with Gasteiger partial charge in [-0.05, 0) is 42.9 Å². The minimum atomic E-state index is -0.152. The van der Waals surface area contributed by atoms with Crippen LogP contribution in [-0.4, -0.2) is 6.04 Å². The van der Waals surface area contributed by atoms with Crippen LogP contribution < -0.4 is 5.73 Å². The van der Waals surface area contributed by atoms with Gasteiger partial charge in [-0.1, -0.05) is 48.5 Å². The highest BCUT2D eigenvalue weighted by molar-refractivity contribution is 5.18. The summed E-state index contributed by atoms with van der Waals surface area (Å²) in [7, 11) is 0. The van der Waals surface area contributed by atoms with Gasteiger partial charge in [0.15, 0.2) is 0 Å². The van der Waals surface area contributed by atoms with Gasteiger partial charge in [0, 0.05) is 6.04 Å². The quantitative estimate of drug-likeness (QED) is 0.838. The second-order valence-electron chi connectivity index (χ2n) is 4.93. The van der Waals surface area contributed by atoms with E-state index in [9.17, 15) is 4.39 Å². The van der Waals surface area contributed by atoms with Crippen LogP contribution in [0.2, 0.25) is 0 Å². The molecule has 2 rings (SSSR count). The second-order valence-corrected chi connectivity index (χ2v) is 4.93. The highest BCUT2D eigenvalue weighted by atomic mass is 19.1. The molecule has 2 aromatic carbocycles. The Morgan fingerprint density at radius 2 is 1.63 bits per heavy atom. The fraction of sp³-hybridized carbons (Fsp3) is 0.294. The molecule has 1 nitrogen and oxygen atoms in total. The predicted molar refractivity (Wildman–Crippen MR) is 77.5 cm³/mol. The normalized spacial score (nSPS) is 12.3. The molecule has 100 valence electrons. The summed E-state index contributed by atoms with van der Waals surface area (Å²) in [6.45, 7) is 0. The van der Waals surface area contributed by atoms with E-state index in [1.165, 1.54) is 11.6 Å². The first kappa shape index (κ1) is 13.8. The van der Waals surface area contributed by atoms with E-state index in [4.69, 9.17) is 5.73 Å². The first-order chi connectivity index (χ1) is 9.25. The Labute approximate surface area is 114 Å². The molecule has 0 aliphatic rings. The van der Waals surface area contributed by atoms with Crippen molar-refractivity contribution in [2.75, 3.05) is 0 Å². The average Bonchev–Trinajstić information content (AvgIpc) is 2.43. The van der Waals surface area contributed by atoms with Crippen molar-refractivity contribution in [3.63, 3.8) is 0 Å². The van der Waals surface area contributed by atoms with Gasteiger partial charge in [-0.3, -0.25) is 0 Å². The zero-order valence-corrected chi connectivity index (χ0v) is 11.1. The Kier molecular flexibility index (Phi) is 5.10. The number of aryl methyl sites for hydroxylation is 1. The van der Waals surface area contributed by atoms with E-state index in [1.54, 1.807) is 6.07 Å². The van der Waals surface area contributed by atoms with E-state index in [1.807, 2.05) is 18.2 Å². The number of hydrogen-bond acceptors (Lipinski definition) is 1. The van der Waals surface area contributed by atoms with Crippen molar-refractivity contribution in [3.05, 3.63) is 71.5 Å². The minimum absolute atomic E-state index is 0.0283. The number of nitrogens with two attached hydrogens (primary N) is 1. The van der Waals surface area contributed by atoms with Crippen molar-refractivity contribution in [2.24, 2.45) is 5.73 Å². The smallest absolute Gasteiger partial charge is 0.126 e. The number of benzene rings is 2. The SMILES string of the molecule is NC(CCCc1ccccc1)Cc1ccccc1F. The molecule has 2 heteroatoms. The third kappa shape index (κ3) is 4.49. The van der Waals surface area contributed by atoms with Crippen molar-refractivity contribution in [1.29, 1.82) is 0 Å². The molecule has 0 saturated carbocycles. The summed E-state index contributed by atoms with van der Waals surface area (Å²) >= 11 is 0. The van der Waals surface area contributed by atoms with E-state index in [0.29, 0.717) is 6.42 Å². The third-order valence-electron chi connectivity index (χ3n) is 3.32. The number of hydrogen-bond donors (Lipinski definition) is 1. The Morgan fingerprint density at radius 3 is 2.37 bits per heavy atom. The van der Waals surface area contributed by atoms with Gasteiger partial charge < -0.3 is 5.73 Å². The van der Waals surface area contributed by atoms with E-state index in [0.717, 1.165) is 24.8 Å². The fourth-order valence-electron chi connectivity index (χ4n) is 2.26. The number of halogens is 1. The maximum absolute atomic E-state index is 13.5. The molecule has 19 heavy (non-hydrogen) atoms. The molecule has 0 heterocycles. The second kappa shape index (κ2) is 7.05. The van der Waals surface area contributed by atoms with Crippen LogP contribution in [0.4, 0.5) is 4.39 Å². The van der Waals surface area contributed by atoms with E-state index in [2.05, 4.69) is 24.3 Å². The van der Waals surface area contributed by atoms with Crippen LogP contribution in [-0.2, 0) is 12.8 Å². The maximum Gasteiger partial charge on any atom is 0.126 e. The summed E-state index contributed by atoms with van der Waals surface area (Å²) in [5.41, 5.74) is 8.12. The lowest BCUT2D eigenvalue weighted by Gasteiger charge is -2.12. The third-order valence-corrected chi connectivity index (χ3v) is 3.32. The summed E-state index contributed by atoms with van der Waals surface area (Å²) in [4.78, 5) is 0. The van der Waals surface area contributed by atoms with E-state index in [-0.39, 0.29) is 11.9 Å². The Hall–Kier alpha value is -1.67. The summed E-state index contributed by atoms with van der Waals surface area (Å²) in [5.74, 6) is -0.152. The van der Waals surface area contributed by atoms with Crippen molar-refractivity contribution in [1.82, 2.24) is 0 Å². The van der Waals surface area contributed by atoms with Gasteiger partial charge in [-0.15, -0.1) is 0 Å². The molecule has 0 spiro atoms. The standard InChI is InChI=1S/C17H20FN/c18-17-12-5-4-10-15(17)13-16(19)11-6-9-14-7-2-1-3-8-14/h1-5,7-8,10,12,16H,6,9,11,13,19H2. The molecule has 1 atom stereocenters. The minimum Gasteiger partial charge on any atom is -0.327 e. The summed E-state index contributed by atoms with van der Waals surface area (Å²) < 4.78 is 13.5.